The summed E-state index contributed by atoms with van der Waals surface area (Å²) in [5.74, 6) is 0.324. The summed E-state index contributed by atoms with van der Waals surface area (Å²) in [5.41, 5.74) is 8.78. The van der Waals surface area contributed by atoms with E-state index in [0.29, 0.717) is 5.95 Å². The number of anilines is 1. The molecule has 0 unspecified atom stereocenters. The molecule has 0 saturated heterocycles. The molecule has 3 aromatic rings. The number of fused-ring (bicyclic) bond motifs is 1. The highest BCUT2D eigenvalue weighted by atomic mass is 15.0. The van der Waals surface area contributed by atoms with E-state index in [0.717, 1.165) is 17.0 Å². The zero-order valence-electron chi connectivity index (χ0n) is 12.6. The number of nitrogen functional groups attached to an aromatic ring is 1. The summed E-state index contributed by atoms with van der Waals surface area (Å²) in [6.07, 6.45) is 0. The summed E-state index contributed by atoms with van der Waals surface area (Å²) < 4.78 is 0. The predicted octanol–water partition coefficient (Wildman–Crippen LogP) is 4.18. The molecule has 0 spiro atoms. The molecular formula is C18H19N3. The van der Waals surface area contributed by atoms with E-state index in [1.807, 2.05) is 24.3 Å². The maximum absolute atomic E-state index is 5.92. The van der Waals surface area contributed by atoms with Gasteiger partial charge in [-0.15, -0.1) is 0 Å². The predicted molar refractivity (Wildman–Crippen MR) is 88.1 cm³/mol. The molecule has 0 aliphatic rings. The molecule has 1 heterocycles. The Balaban J connectivity index is 2.26. The van der Waals surface area contributed by atoms with E-state index in [2.05, 4.69) is 55.0 Å². The number of rotatable bonds is 1. The minimum atomic E-state index is -0.0591. The molecule has 3 heteroatoms. The molecule has 0 bridgehead atoms. The Hall–Kier alpha value is -2.42. The molecule has 0 amide bonds. The van der Waals surface area contributed by atoms with Gasteiger partial charge in [0.1, 0.15) is 0 Å². The van der Waals surface area contributed by atoms with E-state index in [1.165, 1.54) is 10.8 Å². The smallest absolute Gasteiger partial charge is 0.220 e. The van der Waals surface area contributed by atoms with Crippen LogP contribution in [0.15, 0.2) is 48.5 Å². The standard InChI is InChI=1S/C18H19N3/c1-18(2,3)16-11-15(20-17(19)21-16)14-10-6-8-12-7-4-5-9-13(12)14/h4-11H,1-3H3,(H2,19,20,21). The molecule has 0 aliphatic carbocycles. The van der Waals surface area contributed by atoms with Crippen molar-refractivity contribution in [2.24, 2.45) is 0 Å². The van der Waals surface area contributed by atoms with Crippen molar-refractivity contribution in [3.63, 3.8) is 0 Å². The second-order valence-electron chi connectivity index (χ2n) is 6.27. The average molecular weight is 277 g/mol. The molecule has 106 valence electrons. The molecule has 21 heavy (non-hydrogen) atoms. The number of benzene rings is 2. The Morgan fingerprint density at radius 2 is 1.62 bits per heavy atom. The Labute approximate surface area is 124 Å². The van der Waals surface area contributed by atoms with Gasteiger partial charge in [-0.25, -0.2) is 9.97 Å². The van der Waals surface area contributed by atoms with E-state index in [4.69, 9.17) is 5.73 Å². The Bertz CT molecular complexity index is 796. The Kier molecular flexibility index (Phi) is 3.13. The van der Waals surface area contributed by atoms with E-state index in [-0.39, 0.29) is 5.41 Å². The van der Waals surface area contributed by atoms with Crippen LogP contribution < -0.4 is 5.73 Å². The molecule has 3 rings (SSSR count). The highest BCUT2D eigenvalue weighted by Crippen LogP contribution is 2.30. The number of nitrogens with two attached hydrogens (primary N) is 1. The lowest BCUT2D eigenvalue weighted by atomic mass is 9.90. The second kappa shape index (κ2) is 4.85. The van der Waals surface area contributed by atoms with Gasteiger partial charge in [-0.05, 0) is 16.8 Å². The number of nitrogens with zero attached hydrogens (tertiary/aromatic N) is 2. The quantitative estimate of drug-likeness (QED) is 0.726. The Morgan fingerprint density at radius 3 is 2.38 bits per heavy atom. The molecule has 0 saturated carbocycles. The molecule has 1 aromatic heterocycles. The topological polar surface area (TPSA) is 51.8 Å². The Morgan fingerprint density at radius 1 is 0.905 bits per heavy atom. The summed E-state index contributed by atoms with van der Waals surface area (Å²) in [6.45, 7) is 6.38. The zero-order valence-corrected chi connectivity index (χ0v) is 12.6. The number of hydrogen-bond acceptors (Lipinski definition) is 3. The first-order chi connectivity index (χ1) is 9.95. The minimum absolute atomic E-state index is 0.0591. The van der Waals surface area contributed by atoms with Crippen LogP contribution in [0.1, 0.15) is 26.5 Å². The fraction of sp³-hybridized carbons (Fsp3) is 0.222. The third-order valence-corrected chi connectivity index (χ3v) is 3.58. The van der Waals surface area contributed by atoms with Crippen molar-refractivity contribution in [1.29, 1.82) is 0 Å². The lowest BCUT2D eigenvalue weighted by molar-refractivity contribution is 0.568. The van der Waals surface area contributed by atoms with Gasteiger partial charge < -0.3 is 5.73 Å². The average Bonchev–Trinajstić information content (AvgIpc) is 2.45. The van der Waals surface area contributed by atoms with E-state index < -0.39 is 0 Å². The van der Waals surface area contributed by atoms with Crippen LogP contribution in [0.4, 0.5) is 5.95 Å². The third-order valence-electron chi connectivity index (χ3n) is 3.58. The molecule has 2 aromatic carbocycles. The second-order valence-corrected chi connectivity index (χ2v) is 6.27. The van der Waals surface area contributed by atoms with Crippen molar-refractivity contribution in [3.05, 3.63) is 54.2 Å². The SMILES string of the molecule is CC(C)(C)c1cc(-c2cccc3ccccc23)nc(N)n1. The van der Waals surface area contributed by atoms with Crippen LogP contribution in [0.2, 0.25) is 0 Å². The summed E-state index contributed by atoms with van der Waals surface area (Å²) in [5, 5.41) is 2.38. The summed E-state index contributed by atoms with van der Waals surface area (Å²) >= 11 is 0. The van der Waals surface area contributed by atoms with Crippen molar-refractivity contribution >= 4 is 16.7 Å². The minimum Gasteiger partial charge on any atom is -0.368 e. The van der Waals surface area contributed by atoms with Crippen LogP contribution in [-0.2, 0) is 5.41 Å². The normalized spacial score (nSPS) is 11.8. The highest BCUT2D eigenvalue weighted by Gasteiger charge is 2.18. The molecule has 0 aliphatic heterocycles. The van der Waals surface area contributed by atoms with Gasteiger partial charge in [0.15, 0.2) is 0 Å². The summed E-state index contributed by atoms with van der Waals surface area (Å²) in [4.78, 5) is 8.81. The van der Waals surface area contributed by atoms with E-state index in [1.54, 1.807) is 0 Å². The molecule has 3 nitrogen and oxygen atoms in total. The van der Waals surface area contributed by atoms with Gasteiger partial charge in [-0.1, -0.05) is 63.2 Å². The van der Waals surface area contributed by atoms with Crippen LogP contribution in [0.3, 0.4) is 0 Å². The molecular weight excluding hydrogens is 258 g/mol. The molecule has 0 atom stereocenters. The number of hydrogen-bond donors (Lipinski definition) is 1. The molecule has 0 radical (unpaired) electrons. The fourth-order valence-corrected chi connectivity index (χ4v) is 2.44. The van der Waals surface area contributed by atoms with Crippen molar-refractivity contribution in [1.82, 2.24) is 9.97 Å². The first-order valence-corrected chi connectivity index (χ1v) is 7.08. The number of aromatic nitrogens is 2. The fourth-order valence-electron chi connectivity index (χ4n) is 2.44. The lowest BCUT2D eigenvalue weighted by Gasteiger charge is -2.19. The first-order valence-electron chi connectivity index (χ1n) is 7.08. The highest BCUT2D eigenvalue weighted by molar-refractivity contribution is 5.95. The van der Waals surface area contributed by atoms with Crippen molar-refractivity contribution < 1.29 is 0 Å². The van der Waals surface area contributed by atoms with Gasteiger partial charge in [0, 0.05) is 11.0 Å². The van der Waals surface area contributed by atoms with Crippen LogP contribution in [0.25, 0.3) is 22.0 Å². The summed E-state index contributed by atoms with van der Waals surface area (Å²) in [7, 11) is 0. The van der Waals surface area contributed by atoms with E-state index >= 15 is 0 Å². The third kappa shape index (κ3) is 2.59. The van der Waals surface area contributed by atoms with Gasteiger partial charge in [0.05, 0.1) is 11.4 Å². The maximum atomic E-state index is 5.92. The zero-order chi connectivity index (χ0) is 15.0. The van der Waals surface area contributed by atoms with Crippen LogP contribution in [0, 0.1) is 0 Å². The van der Waals surface area contributed by atoms with Crippen LogP contribution in [0.5, 0.6) is 0 Å². The monoisotopic (exact) mass is 277 g/mol. The summed E-state index contributed by atoms with van der Waals surface area (Å²) in [6, 6.07) is 16.6. The van der Waals surface area contributed by atoms with Gasteiger partial charge in [-0.3, -0.25) is 0 Å². The maximum Gasteiger partial charge on any atom is 0.220 e. The lowest BCUT2D eigenvalue weighted by Crippen LogP contribution is -2.15. The largest absolute Gasteiger partial charge is 0.368 e. The van der Waals surface area contributed by atoms with Gasteiger partial charge in [-0.2, -0.15) is 0 Å². The molecule has 0 fully saturated rings. The van der Waals surface area contributed by atoms with Gasteiger partial charge >= 0.3 is 0 Å². The molecule has 2 N–H and O–H groups in total. The van der Waals surface area contributed by atoms with Crippen molar-refractivity contribution in [2.45, 2.75) is 26.2 Å². The van der Waals surface area contributed by atoms with E-state index in [9.17, 15) is 0 Å². The van der Waals surface area contributed by atoms with Crippen LogP contribution >= 0.6 is 0 Å². The van der Waals surface area contributed by atoms with Gasteiger partial charge in [0.25, 0.3) is 0 Å². The van der Waals surface area contributed by atoms with Crippen molar-refractivity contribution in [2.75, 3.05) is 5.73 Å². The van der Waals surface area contributed by atoms with Gasteiger partial charge in [0.2, 0.25) is 5.95 Å². The van der Waals surface area contributed by atoms with Crippen LogP contribution in [-0.4, -0.2) is 9.97 Å². The first kappa shape index (κ1) is 13.6. The van der Waals surface area contributed by atoms with Crippen molar-refractivity contribution in [3.8, 4) is 11.3 Å².